The zero-order valence-electron chi connectivity index (χ0n) is 12.3. The van der Waals surface area contributed by atoms with Gasteiger partial charge in [0.15, 0.2) is 11.9 Å². The Kier molecular flexibility index (Phi) is 3.73. The Morgan fingerprint density at radius 1 is 1.32 bits per heavy atom. The highest BCUT2D eigenvalue weighted by Gasteiger charge is 2.44. The van der Waals surface area contributed by atoms with Gasteiger partial charge < -0.3 is 25.8 Å². The van der Waals surface area contributed by atoms with Crippen molar-refractivity contribution in [2.75, 3.05) is 12.3 Å². The van der Waals surface area contributed by atoms with Crippen LogP contribution in [0.5, 0.6) is 0 Å². The van der Waals surface area contributed by atoms with Crippen molar-refractivity contribution in [1.82, 2.24) is 19.7 Å². The fourth-order valence-corrected chi connectivity index (χ4v) is 2.69. The van der Waals surface area contributed by atoms with Crippen LogP contribution in [0, 0.1) is 0 Å². The van der Waals surface area contributed by atoms with Gasteiger partial charge in [-0.2, -0.15) is 5.10 Å². The SMILES string of the molecule is CC(C)c1nn([C@@H]2O[C@H](CO)C(O)[C@H]2O)c2ncnc(N)c12. The second-order valence-electron chi connectivity index (χ2n) is 5.67. The van der Waals surface area contributed by atoms with Crippen LogP contribution in [0.15, 0.2) is 6.33 Å². The molecule has 2 aromatic rings. The molecule has 0 spiro atoms. The standard InChI is InChI=1S/C13H19N5O4/c1-5(2)8-7-11(14)15-4-16-12(7)18(17-8)13-10(21)9(20)6(3-19)22-13/h4-6,9-10,13,19-21H,3H2,1-2H3,(H2,14,15,16)/t6-,9?,10-,13-/m1/s1. The first-order chi connectivity index (χ1) is 10.5. The molecule has 22 heavy (non-hydrogen) atoms. The lowest BCUT2D eigenvalue weighted by atomic mass is 10.1. The van der Waals surface area contributed by atoms with E-state index in [0.717, 1.165) is 0 Å². The van der Waals surface area contributed by atoms with Crippen molar-refractivity contribution in [3.8, 4) is 0 Å². The first-order valence-electron chi connectivity index (χ1n) is 7.06. The monoisotopic (exact) mass is 309 g/mol. The maximum atomic E-state index is 10.2. The summed E-state index contributed by atoms with van der Waals surface area (Å²) in [4.78, 5) is 8.15. The summed E-state index contributed by atoms with van der Waals surface area (Å²) < 4.78 is 6.91. The van der Waals surface area contributed by atoms with Crippen LogP contribution in [-0.4, -0.2) is 60.0 Å². The van der Waals surface area contributed by atoms with Gasteiger partial charge in [-0.15, -0.1) is 0 Å². The molecule has 2 aromatic heterocycles. The van der Waals surface area contributed by atoms with Gasteiger partial charge in [0.2, 0.25) is 0 Å². The van der Waals surface area contributed by atoms with Gasteiger partial charge in [-0.05, 0) is 5.92 Å². The van der Waals surface area contributed by atoms with Crippen molar-refractivity contribution in [3.05, 3.63) is 12.0 Å². The summed E-state index contributed by atoms with van der Waals surface area (Å²) >= 11 is 0. The van der Waals surface area contributed by atoms with Crippen LogP contribution in [0.4, 0.5) is 5.82 Å². The molecule has 0 saturated carbocycles. The number of anilines is 1. The number of hydrogen-bond acceptors (Lipinski definition) is 8. The Bertz CT molecular complexity index is 688. The lowest BCUT2D eigenvalue weighted by molar-refractivity contribution is -0.0568. The normalized spacial score (nSPS) is 28.8. The zero-order chi connectivity index (χ0) is 16.0. The van der Waals surface area contributed by atoms with Gasteiger partial charge in [0.1, 0.15) is 30.5 Å². The summed E-state index contributed by atoms with van der Waals surface area (Å²) in [6.45, 7) is 3.51. The number of rotatable bonds is 3. The summed E-state index contributed by atoms with van der Waals surface area (Å²) in [7, 11) is 0. The van der Waals surface area contributed by atoms with Crippen molar-refractivity contribution >= 4 is 16.9 Å². The minimum atomic E-state index is -1.23. The highest BCUT2D eigenvalue weighted by atomic mass is 16.6. The number of ether oxygens (including phenoxy) is 1. The van der Waals surface area contributed by atoms with E-state index < -0.39 is 31.1 Å². The van der Waals surface area contributed by atoms with E-state index in [9.17, 15) is 15.3 Å². The topological polar surface area (TPSA) is 140 Å². The molecule has 120 valence electrons. The summed E-state index contributed by atoms with van der Waals surface area (Å²) in [6, 6.07) is 0. The summed E-state index contributed by atoms with van der Waals surface area (Å²) in [5, 5.41) is 34.3. The predicted octanol–water partition coefficient (Wildman–Crippen LogP) is -0.857. The highest BCUT2D eigenvalue weighted by Crippen LogP contribution is 2.34. The van der Waals surface area contributed by atoms with Crippen molar-refractivity contribution in [1.29, 1.82) is 0 Å². The molecule has 3 rings (SSSR count). The molecule has 3 heterocycles. The van der Waals surface area contributed by atoms with Crippen molar-refractivity contribution < 1.29 is 20.1 Å². The Balaban J connectivity index is 2.14. The van der Waals surface area contributed by atoms with Crippen molar-refractivity contribution in [2.45, 2.75) is 44.3 Å². The zero-order valence-corrected chi connectivity index (χ0v) is 12.3. The third kappa shape index (κ3) is 2.13. The lowest BCUT2D eigenvalue weighted by Gasteiger charge is -2.15. The van der Waals surface area contributed by atoms with E-state index in [1.54, 1.807) is 0 Å². The second-order valence-corrected chi connectivity index (χ2v) is 5.67. The number of aliphatic hydroxyl groups excluding tert-OH is 3. The largest absolute Gasteiger partial charge is 0.394 e. The molecular formula is C13H19N5O4. The molecule has 0 bridgehead atoms. The van der Waals surface area contributed by atoms with Crippen LogP contribution in [0.2, 0.25) is 0 Å². The van der Waals surface area contributed by atoms with E-state index in [-0.39, 0.29) is 5.92 Å². The van der Waals surface area contributed by atoms with Crippen molar-refractivity contribution in [2.24, 2.45) is 0 Å². The number of nitrogen functional groups attached to an aromatic ring is 1. The number of nitrogens with two attached hydrogens (primary N) is 1. The Morgan fingerprint density at radius 2 is 2.05 bits per heavy atom. The number of hydrogen-bond donors (Lipinski definition) is 4. The van der Waals surface area contributed by atoms with E-state index in [0.29, 0.717) is 22.5 Å². The van der Waals surface area contributed by atoms with Gasteiger partial charge in [-0.1, -0.05) is 13.8 Å². The average Bonchev–Trinajstić information content (AvgIpc) is 3.00. The predicted molar refractivity (Wildman–Crippen MR) is 76.8 cm³/mol. The lowest BCUT2D eigenvalue weighted by Crippen LogP contribution is -2.33. The van der Waals surface area contributed by atoms with Crippen LogP contribution < -0.4 is 5.73 Å². The first kappa shape index (κ1) is 15.1. The summed E-state index contributed by atoms with van der Waals surface area (Å²) in [5.41, 5.74) is 7.03. The van der Waals surface area contributed by atoms with Crippen LogP contribution in [0.1, 0.15) is 31.7 Å². The van der Waals surface area contributed by atoms with E-state index >= 15 is 0 Å². The fourth-order valence-electron chi connectivity index (χ4n) is 2.69. The molecule has 1 unspecified atom stereocenters. The average molecular weight is 309 g/mol. The molecule has 9 nitrogen and oxygen atoms in total. The molecule has 5 N–H and O–H groups in total. The molecule has 1 aliphatic rings. The molecule has 1 aliphatic heterocycles. The molecule has 9 heteroatoms. The maximum absolute atomic E-state index is 10.2. The van der Waals surface area contributed by atoms with Gasteiger partial charge in [0, 0.05) is 0 Å². The van der Waals surface area contributed by atoms with Gasteiger partial charge >= 0.3 is 0 Å². The Labute approximate surface area is 126 Å². The first-order valence-corrected chi connectivity index (χ1v) is 7.06. The fraction of sp³-hybridized carbons (Fsp3) is 0.615. The van der Waals surface area contributed by atoms with Crippen LogP contribution >= 0.6 is 0 Å². The molecular weight excluding hydrogens is 290 g/mol. The van der Waals surface area contributed by atoms with Gasteiger partial charge in [-0.3, -0.25) is 0 Å². The van der Waals surface area contributed by atoms with Crippen LogP contribution in [0.3, 0.4) is 0 Å². The maximum Gasteiger partial charge on any atom is 0.181 e. The van der Waals surface area contributed by atoms with Crippen LogP contribution in [0.25, 0.3) is 11.0 Å². The van der Waals surface area contributed by atoms with E-state index in [4.69, 9.17) is 10.5 Å². The van der Waals surface area contributed by atoms with Gasteiger partial charge in [-0.25, -0.2) is 14.6 Å². The summed E-state index contributed by atoms with van der Waals surface area (Å²) in [5.74, 6) is 0.362. The molecule has 1 saturated heterocycles. The molecule has 1 fully saturated rings. The number of aromatic nitrogens is 4. The third-order valence-electron chi connectivity index (χ3n) is 3.85. The molecule has 0 radical (unpaired) electrons. The van der Waals surface area contributed by atoms with Gasteiger partial charge in [0.25, 0.3) is 0 Å². The Hall–Kier alpha value is -1.81. The highest BCUT2D eigenvalue weighted by molar-refractivity contribution is 5.88. The minimum Gasteiger partial charge on any atom is -0.394 e. The minimum absolute atomic E-state index is 0.0640. The number of fused-ring (bicyclic) bond motifs is 1. The number of aliphatic hydroxyl groups is 3. The van der Waals surface area contributed by atoms with Crippen molar-refractivity contribution in [3.63, 3.8) is 0 Å². The van der Waals surface area contributed by atoms with E-state index in [1.807, 2.05) is 13.8 Å². The van der Waals surface area contributed by atoms with Crippen LogP contribution in [-0.2, 0) is 4.74 Å². The molecule has 4 atom stereocenters. The molecule has 0 amide bonds. The third-order valence-corrected chi connectivity index (χ3v) is 3.85. The molecule has 0 aliphatic carbocycles. The second kappa shape index (κ2) is 5.43. The smallest absolute Gasteiger partial charge is 0.181 e. The van der Waals surface area contributed by atoms with Gasteiger partial charge in [0.05, 0.1) is 17.7 Å². The summed E-state index contributed by atoms with van der Waals surface area (Å²) in [6.07, 6.45) is -2.94. The Morgan fingerprint density at radius 3 is 2.64 bits per heavy atom. The quantitative estimate of drug-likeness (QED) is 0.574. The number of nitrogens with zero attached hydrogens (tertiary/aromatic N) is 4. The van der Waals surface area contributed by atoms with E-state index in [1.165, 1.54) is 11.0 Å². The molecule has 0 aromatic carbocycles. The van der Waals surface area contributed by atoms with E-state index in [2.05, 4.69) is 15.1 Å².